The Morgan fingerprint density at radius 3 is 1.70 bits per heavy atom. The van der Waals surface area contributed by atoms with E-state index in [1.54, 1.807) is 0 Å². The highest BCUT2D eigenvalue weighted by Gasteiger charge is 2.46. The zero-order valence-corrected chi connectivity index (χ0v) is 43.8. The fraction of sp³-hybridized carbons (Fsp3) is 0.344. The highest BCUT2D eigenvalue weighted by Crippen LogP contribution is 2.54. The highest BCUT2D eigenvalue weighted by molar-refractivity contribution is 7.00. The summed E-state index contributed by atoms with van der Waals surface area (Å²) in [7, 11) is 0. The van der Waals surface area contributed by atoms with Gasteiger partial charge in [-0.2, -0.15) is 0 Å². The van der Waals surface area contributed by atoms with Crippen molar-refractivity contribution in [1.29, 1.82) is 0 Å². The normalized spacial score (nSPS) is 18.1. The average Bonchev–Trinajstić information content (AvgIpc) is 3.65. The van der Waals surface area contributed by atoms with Gasteiger partial charge in [0.05, 0.1) is 5.69 Å². The number of nitrogens with zero attached hydrogens (tertiary/aromatic N) is 2. The second kappa shape index (κ2) is 14.7. The molecular formula is C64H66BClN2O. The van der Waals surface area contributed by atoms with Crippen molar-refractivity contribution in [1.82, 2.24) is 0 Å². The minimum absolute atomic E-state index is 0.0409. The summed E-state index contributed by atoms with van der Waals surface area (Å²) in [5.41, 5.74) is 25.0. The number of hydrogen-bond acceptors (Lipinski definition) is 3. The molecule has 0 saturated carbocycles. The Hall–Kier alpha value is -5.71. The van der Waals surface area contributed by atoms with Gasteiger partial charge in [0.25, 0.3) is 6.71 Å². The molecule has 0 unspecified atom stereocenters. The molecule has 2 aliphatic carbocycles. The van der Waals surface area contributed by atoms with Gasteiger partial charge in [-0.05, 0) is 194 Å². The number of rotatable bonds is 3. The molecule has 348 valence electrons. The van der Waals surface area contributed by atoms with Crippen molar-refractivity contribution in [2.24, 2.45) is 0 Å². The van der Waals surface area contributed by atoms with E-state index >= 15 is 0 Å². The lowest BCUT2D eigenvalue weighted by molar-refractivity contribution is 0.332. The lowest BCUT2D eigenvalue weighted by Gasteiger charge is -2.46. The second-order valence-corrected chi connectivity index (χ2v) is 25.4. The van der Waals surface area contributed by atoms with Crippen LogP contribution in [0, 0.1) is 13.8 Å². The molecule has 0 radical (unpaired) electrons. The smallest absolute Gasteiger partial charge is 0.252 e. The molecule has 0 bridgehead atoms. The monoisotopic (exact) mass is 924 g/mol. The number of anilines is 6. The first-order chi connectivity index (χ1) is 32.5. The zero-order chi connectivity index (χ0) is 48.5. The minimum Gasteiger partial charge on any atom is -0.456 e. The maximum absolute atomic E-state index is 7.15. The van der Waals surface area contributed by atoms with E-state index in [2.05, 4.69) is 215 Å². The third-order valence-corrected chi connectivity index (χ3v) is 17.6. The van der Waals surface area contributed by atoms with E-state index in [1.807, 2.05) is 0 Å². The average molecular weight is 926 g/mol. The van der Waals surface area contributed by atoms with Gasteiger partial charge in [0.2, 0.25) is 0 Å². The van der Waals surface area contributed by atoms with Crippen molar-refractivity contribution in [2.75, 3.05) is 9.80 Å². The van der Waals surface area contributed by atoms with Gasteiger partial charge in [-0.25, -0.2) is 0 Å². The number of aryl methyl sites for hydroxylation is 2. The summed E-state index contributed by atoms with van der Waals surface area (Å²) in [4.78, 5) is 5.18. The van der Waals surface area contributed by atoms with Gasteiger partial charge in [0.1, 0.15) is 11.2 Å². The van der Waals surface area contributed by atoms with Gasteiger partial charge in [-0.3, -0.25) is 0 Å². The lowest BCUT2D eigenvalue weighted by atomic mass is 9.33. The van der Waals surface area contributed by atoms with Gasteiger partial charge >= 0.3 is 0 Å². The summed E-state index contributed by atoms with van der Waals surface area (Å²) in [6, 6.07) is 44.5. The molecule has 2 aliphatic heterocycles. The first-order valence-corrected chi connectivity index (χ1v) is 25.9. The van der Waals surface area contributed by atoms with Crippen LogP contribution in [-0.4, -0.2) is 6.71 Å². The Labute approximate surface area is 416 Å². The predicted octanol–water partition coefficient (Wildman–Crippen LogP) is 16.6. The van der Waals surface area contributed by atoms with Crippen molar-refractivity contribution in [3.05, 3.63) is 159 Å². The largest absolute Gasteiger partial charge is 0.456 e. The van der Waals surface area contributed by atoms with Gasteiger partial charge < -0.3 is 14.2 Å². The van der Waals surface area contributed by atoms with Crippen molar-refractivity contribution in [2.45, 2.75) is 143 Å². The first kappa shape index (κ1) is 44.5. The lowest BCUT2D eigenvalue weighted by Crippen LogP contribution is -2.61. The van der Waals surface area contributed by atoms with Crippen LogP contribution >= 0.6 is 11.6 Å². The van der Waals surface area contributed by atoms with Crippen molar-refractivity contribution in [3.63, 3.8) is 0 Å². The Bertz CT molecular complexity index is 3490. The van der Waals surface area contributed by atoms with Gasteiger partial charge in [-0.15, -0.1) is 0 Å². The van der Waals surface area contributed by atoms with Gasteiger partial charge in [-0.1, -0.05) is 136 Å². The Kier molecular flexibility index (Phi) is 9.46. The van der Waals surface area contributed by atoms with Crippen LogP contribution < -0.4 is 26.2 Å². The molecule has 0 amide bonds. The number of halogens is 1. The summed E-state index contributed by atoms with van der Waals surface area (Å²) in [6.07, 6.45) is 4.64. The molecule has 7 aromatic carbocycles. The Morgan fingerprint density at radius 1 is 0.507 bits per heavy atom. The topological polar surface area (TPSA) is 19.6 Å². The summed E-state index contributed by atoms with van der Waals surface area (Å²) < 4.78 is 7.13. The second-order valence-electron chi connectivity index (χ2n) is 25.0. The van der Waals surface area contributed by atoms with Crippen LogP contribution in [-0.2, 0) is 27.1 Å². The molecule has 0 fully saturated rings. The molecular weight excluding hydrogens is 859 g/mol. The van der Waals surface area contributed by atoms with Gasteiger partial charge in [0, 0.05) is 49.8 Å². The summed E-state index contributed by atoms with van der Waals surface area (Å²) in [6.45, 7) is 30.8. The molecule has 12 rings (SSSR count). The van der Waals surface area contributed by atoms with Crippen LogP contribution in [0.2, 0.25) is 5.02 Å². The number of benzene rings is 7. The standard InChI is InChI=1S/C64H66BClN2O/c1-37-27-55-59-56(28-37)68(52-34-47-45(29-38(52)2)61(6,7)23-25-63(47,10)11)53-31-41(66)20-21-49(53)65(59)50-36-58-44(43-32-46-48(35-57(43)69-58)64(12,13)26-24-62(46,8)9)33-54(50)67(55)51-22-19-40(60(3,4)5)30-42(51)39-17-15-14-16-18-39/h14-22,27-36H,23-26H2,1-13H3. The van der Waals surface area contributed by atoms with Crippen molar-refractivity contribution in [3.8, 4) is 11.1 Å². The molecule has 5 heteroatoms. The minimum atomic E-state index is -0.0867. The van der Waals surface area contributed by atoms with Crippen LogP contribution in [0.1, 0.15) is 141 Å². The zero-order valence-electron chi connectivity index (χ0n) is 43.1. The SMILES string of the molecule is Cc1cc2c3c(c1)N(c1ccc(C(C)(C)C)cc1-c1ccccc1)c1cc4c(cc1B3c1ccc(Cl)cc1N2c1cc2c(cc1C)C(C)(C)CCC2(C)C)oc1cc2c(cc14)C(C)(C)CCC2(C)C. The molecule has 3 heterocycles. The molecule has 69 heavy (non-hydrogen) atoms. The van der Waals surface area contributed by atoms with Crippen molar-refractivity contribution < 1.29 is 4.42 Å². The predicted molar refractivity (Wildman–Crippen MR) is 297 cm³/mol. The quantitative estimate of drug-likeness (QED) is 0.165. The van der Waals surface area contributed by atoms with E-state index in [9.17, 15) is 0 Å². The van der Waals surface area contributed by atoms with E-state index in [0.717, 1.165) is 52.2 Å². The molecule has 1 aromatic heterocycles. The van der Waals surface area contributed by atoms with Crippen LogP contribution in [0.4, 0.5) is 34.1 Å². The summed E-state index contributed by atoms with van der Waals surface area (Å²) in [5, 5.41) is 3.08. The molecule has 0 spiro atoms. The maximum Gasteiger partial charge on any atom is 0.252 e. The van der Waals surface area contributed by atoms with Crippen LogP contribution in [0.25, 0.3) is 33.1 Å². The molecule has 8 aromatic rings. The highest BCUT2D eigenvalue weighted by atomic mass is 35.5. The Balaban J connectivity index is 1.20. The third kappa shape index (κ3) is 6.67. The van der Waals surface area contributed by atoms with E-state index < -0.39 is 0 Å². The van der Waals surface area contributed by atoms with Crippen LogP contribution in [0.15, 0.2) is 120 Å². The number of hydrogen-bond donors (Lipinski definition) is 0. The maximum atomic E-state index is 7.15. The molecule has 0 saturated heterocycles. The number of furan rings is 1. The molecule has 0 atom stereocenters. The van der Waals surface area contributed by atoms with E-state index in [0.29, 0.717) is 0 Å². The fourth-order valence-electron chi connectivity index (χ4n) is 12.9. The van der Waals surface area contributed by atoms with Crippen LogP contribution in [0.5, 0.6) is 0 Å². The molecule has 3 nitrogen and oxygen atoms in total. The molecule has 4 aliphatic rings. The van der Waals surface area contributed by atoms with E-state index in [-0.39, 0.29) is 33.8 Å². The summed E-state index contributed by atoms with van der Waals surface area (Å²) in [5.74, 6) is 0. The Morgan fingerprint density at radius 2 is 1.06 bits per heavy atom. The first-order valence-electron chi connectivity index (χ1n) is 25.5. The van der Waals surface area contributed by atoms with E-state index in [4.69, 9.17) is 16.0 Å². The van der Waals surface area contributed by atoms with Crippen LogP contribution in [0.3, 0.4) is 0 Å². The number of fused-ring (bicyclic) bond motifs is 9. The van der Waals surface area contributed by atoms with E-state index in [1.165, 1.54) is 101 Å². The third-order valence-electron chi connectivity index (χ3n) is 17.3. The van der Waals surface area contributed by atoms with Gasteiger partial charge in [0.15, 0.2) is 0 Å². The summed E-state index contributed by atoms with van der Waals surface area (Å²) >= 11 is 7.15. The van der Waals surface area contributed by atoms with Crippen molar-refractivity contribution >= 4 is 90.8 Å². The molecule has 0 N–H and O–H groups in total. The fourth-order valence-corrected chi connectivity index (χ4v) is 13.1.